The number of carboxylic acid groups (broad SMARTS) is 1. The molecule has 9 heteroatoms. The number of thiocarbonyl (C=S) groups is 1. The number of ether oxygens (including phenoxy) is 1. The molecule has 0 spiro atoms. The monoisotopic (exact) mass is 487 g/mol. The first-order valence-corrected chi connectivity index (χ1v) is 11.9. The largest absolute Gasteiger partial charge is 0.481 e. The number of carbonyl (C=O) groups is 2. The molecule has 0 aromatic heterocycles. The molecule has 0 aliphatic carbocycles. The molecule has 7 nitrogen and oxygen atoms in total. The molecule has 2 heterocycles. The van der Waals surface area contributed by atoms with E-state index in [9.17, 15) is 19.1 Å². The van der Waals surface area contributed by atoms with Crippen LogP contribution in [0.1, 0.15) is 25.8 Å². The van der Waals surface area contributed by atoms with Gasteiger partial charge in [0.05, 0.1) is 25.3 Å². The normalized spacial score (nSPS) is 18.1. The lowest BCUT2D eigenvalue weighted by molar-refractivity contribution is -0.139. The number of anilines is 2. The number of benzene rings is 2. The summed E-state index contributed by atoms with van der Waals surface area (Å²) in [6.45, 7) is 7.56. The minimum absolute atomic E-state index is 0.234. The highest BCUT2D eigenvalue weighted by Gasteiger charge is 2.43. The van der Waals surface area contributed by atoms with Crippen molar-refractivity contribution < 1.29 is 23.8 Å². The summed E-state index contributed by atoms with van der Waals surface area (Å²) in [6.07, 6.45) is 0.247. The molecule has 34 heavy (non-hydrogen) atoms. The zero-order valence-corrected chi connectivity index (χ0v) is 20.3. The van der Waals surface area contributed by atoms with E-state index in [1.165, 1.54) is 29.2 Å². The van der Waals surface area contributed by atoms with Crippen LogP contribution in [0.2, 0.25) is 0 Å². The van der Waals surface area contributed by atoms with Crippen molar-refractivity contribution in [3.8, 4) is 0 Å². The van der Waals surface area contributed by atoms with Crippen LogP contribution in [0.25, 0.3) is 0 Å². The maximum absolute atomic E-state index is 13.3. The molecule has 1 atom stereocenters. The van der Waals surface area contributed by atoms with Crippen LogP contribution in [0.3, 0.4) is 0 Å². The second-order valence-corrected chi connectivity index (χ2v) is 8.12. The highest BCUT2D eigenvalue weighted by Crippen LogP contribution is 2.28. The second kappa shape index (κ2) is 11.9. The average molecular weight is 488 g/mol. The van der Waals surface area contributed by atoms with Crippen LogP contribution < -0.4 is 9.80 Å². The van der Waals surface area contributed by atoms with E-state index >= 15 is 0 Å². The average Bonchev–Trinajstić information content (AvgIpc) is 3.09. The number of halogens is 1. The summed E-state index contributed by atoms with van der Waals surface area (Å²) in [5.41, 5.74) is 2.62. The molecule has 4 rings (SSSR count). The van der Waals surface area contributed by atoms with E-state index in [2.05, 4.69) is 17.0 Å². The van der Waals surface area contributed by atoms with Gasteiger partial charge in [0.25, 0.3) is 5.91 Å². The van der Waals surface area contributed by atoms with Crippen molar-refractivity contribution in [1.29, 1.82) is 0 Å². The Morgan fingerprint density at radius 1 is 1.06 bits per heavy atom. The Morgan fingerprint density at radius 2 is 1.65 bits per heavy atom. The van der Waals surface area contributed by atoms with Crippen molar-refractivity contribution in [2.75, 3.05) is 42.6 Å². The summed E-state index contributed by atoms with van der Waals surface area (Å²) >= 11 is 5.53. The van der Waals surface area contributed by atoms with E-state index in [0.717, 1.165) is 37.6 Å². The van der Waals surface area contributed by atoms with Gasteiger partial charge in [-0.05, 0) is 60.6 Å². The zero-order valence-electron chi connectivity index (χ0n) is 19.4. The van der Waals surface area contributed by atoms with Crippen molar-refractivity contribution in [2.24, 2.45) is 0 Å². The smallest absolute Gasteiger partial charge is 0.305 e. The third-order valence-electron chi connectivity index (χ3n) is 5.73. The summed E-state index contributed by atoms with van der Waals surface area (Å²) < 4.78 is 18.7. The van der Waals surface area contributed by atoms with E-state index in [0.29, 0.717) is 18.7 Å². The fourth-order valence-corrected chi connectivity index (χ4v) is 4.44. The Hall–Kier alpha value is -3.04. The van der Waals surface area contributed by atoms with Gasteiger partial charge in [0.1, 0.15) is 11.9 Å². The zero-order chi connectivity index (χ0) is 24.7. The minimum atomic E-state index is -1.08. The Balaban J connectivity index is 0.00000158. The van der Waals surface area contributed by atoms with E-state index in [1.54, 1.807) is 4.90 Å². The number of hydrogen-bond donors (Lipinski definition) is 1. The first-order chi connectivity index (χ1) is 16.4. The number of aliphatic carboxylic acids is 1. The van der Waals surface area contributed by atoms with Crippen LogP contribution in [-0.4, -0.2) is 65.9 Å². The number of nitrogens with zero attached hydrogens (tertiary/aromatic N) is 3. The molecule has 182 valence electrons. The van der Waals surface area contributed by atoms with Crippen LogP contribution in [0.5, 0.6) is 0 Å². The predicted octanol–water partition coefficient (Wildman–Crippen LogP) is 3.71. The number of hydrogen-bond acceptors (Lipinski definition) is 5. The molecule has 1 N–H and O–H groups in total. The van der Waals surface area contributed by atoms with Gasteiger partial charge in [-0.25, -0.2) is 4.39 Å². The molecule has 1 unspecified atom stereocenters. The van der Waals surface area contributed by atoms with Crippen molar-refractivity contribution in [3.05, 3.63) is 59.9 Å². The Morgan fingerprint density at radius 3 is 2.24 bits per heavy atom. The quantitative estimate of drug-likeness (QED) is 0.597. The van der Waals surface area contributed by atoms with Gasteiger partial charge in [-0.2, -0.15) is 0 Å². The van der Waals surface area contributed by atoms with Gasteiger partial charge in [-0.1, -0.05) is 26.0 Å². The van der Waals surface area contributed by atoms with Gasteiger partial charge in [0.2, 0.25) is 0 Å². The lowest BCUT2D eigenvalue weighted by Crippen LogP contribution is -2.38. The molecule has 1 amide bonds. The molecule has 2 aromatic rings. The third kappa shape index (κ3) is 5.90. The summed E-state index contributed by atoms with van der Waals surface area (Å²) in [4.78, 5) is 29.6. The van der Waals surface area contributed by atoms with Crippen LogP contribution >= 0.6 is 12.2 Å². The van der Waals surface area contributed by atoms with E-state index in [4.69, 9.17) is 17.0 Å². The van der Waals surface area contributed by atoms with Gasteiger partial charge in [-0.15, -0.1) is 0 Å². The summed E-state index contributed by atoms with van der Waals surface area (Å²) in [5.74, 6) is -1.91. The molecule has 2 aliphatic rings. The number of carboxylic acids is 1. The van der Waals surface area contributed by atoms with Crippen LogP contribution in [0, 0.1) is 5.82 Å². The first-order valence-electron chi connectivity index (χ1n) is 11.5. The van der Waals surface area contributed by atoms with Gasteiger partial charge < -0.3 is 19.6 Å². The van der Waals surface area contributed by atoms with Crippen molar-refractivity contribution in [1.82, 2.24) is 4.90 Å². The third-order valence-corrected chi connectivity index (χ3v) is 6.14. The molecule has 0 saturated carbocycles. The van der Waals surface area contributed by atoms with Gasteiger partial charge in [0.15, 0.2) is 5.11 Å². The van der Waals surface area contributed by atoms with Gasteiger partial charge in [0, 0.05) is 25.3 Å². The molecule has 2 aromatic carbocycles. The van der Waals surface area contributed by atoms with Gasteiger partial charge in [-0.3, -0.25) is 14.5 Å². The van der Waals surface area contributed by atoms with Crippen LogP contribution in [0.4, 0.5) is 15.8 Å². The molecular weight excluding hydrogens is 457 g/mol. The molecular formula is C25H30FN3O4S. The summed E-state index contributed by atoms with van der Waals surface area (Å²) in [6, 6.07) is 12.7. The van der Waals surface area contributed by atoms with Crippen molar-refractivity contribution in [2.45, 2.75) is 32.7 Å². The highest BCUT2D eigenvalue weighted by molar-refractivity contribution is 7.80. The van der Waals surface area contributed by atoms with E-state index in [-0.39, 0.29) is 11.5 Å². The topological polar surface area (TPSA) is 73.3 Å². The molecule has 2 fully saturated rings. The van der Waals surface area contributed by atoms with E-state index in [1.807, 2.05) is 26.0 Å². The Labute approximate surface area is 204 Å². The lowest BCUT2D eigenvalue weighted by Gasteiger charge is -2.29. The Kier molecular flexibility index (Phi) is 8.95. The lowest BCUT2D eigenvalue weighted by atomic mass is 10.1. The fourth-order valence-electron chi connectivity index (χ4n) is 4.03. The maximum Gasteiger partial charge on any atom is 0.305 e. The molecule has 0 radical (unpaired) electrons. The maximum atomic E-state index is 13.3. The predicted molar refractivity (Wildman–Crippen MR) is 134 cm³/mol. The first kappa shape index (κ1) is 25.6. The standard InChI is InChI=1S/C23H24FN3O4S.C2H6/c24-17-3-7-19(8-4-17)27-22(30)20(15-21(28)29)26(23(27)32)10-9-16-1-5-18(6-2-16)25-11-13-31-14-12-25;1-2/h1-8,20H,9-15H2,(H,28,29);1-2H3. The van der Waals surface area contributed by atoms with Crippen molar-refractivity contribution in [3.63, 3.8) is 0 Å². The minimum Gasteiger partial charge on any atom is -0.481 e. The summed E-state index contributed by atoms with van der Waals surface area (Å²) in [7, 11) is 0. The number of rotatable bonds is 7. The highest BCUT2D eigenvalue weighted by atomic mass is 32.1. The Bertz CT molecular complexity index is 994. The van der Waals surface area contributed by atoms with Crippen molar-refractivity contribution >= 4 is 40.6 Å². The molecule has 2 aliphatic heterocycles. The number of carbonyl (C=O) groups excluding carboxylic acids is 1. The number of morpholine rings is 1. The second-order valence-electron chi connectivity index (χ2n) is 7.76. The summed E-state index contributed by atoms with van der Waals surface area (Å²) in [5, 5.41) is 9.56. The van der Waals surface area contributed by atoms with E-state index < -0.39 is 23.7 Å². The van der Waals surface area contributed by atoms with Crippen LogP contribution in [0.15, 0.2) is 48.5 Å². The van der Waals surface area contributed by atoms with Crippen LogP contribution in [-0.2, 0) is 20.7 Å². The number of amides is 1. The molecule has 0 bridgehead atoms. The SMILES string of the molecule is CC.O=C(O)CC1C(=O)N(c2ccc(F)cc2)C(=S)N1CCc1ccc(N2CCOCC2)cc1. The molecule has 2 saturated heterocycles. The fraction of sp³-hybridized carbons (Fsp3) is 0.400. The van der Waals surface area contributed by atoms with Gasteiger partial charge >= 0.3 is 5.97 Å².